The van der Waals surface area contributed by atoms with Crippen LogP contribution in [0.25, 0.3) is 0 Å². The van der Waals surface area contributed by atoms with Crippen LogP contribution in [0.4, 0.5) is 0 Å². The van der Waals surface area contributed by atoms with Gasteiger partial charge in [-0.2, -0.15) is 0 Å². The van der Waals surface area contributed by atoms with E-state index in [2.05, 4.69) is 52.2 Å². The molecule has 2 atom stereocenters. The average molecular weight is 264 g/mol. The Kier molecular flexibility index (Phi) is 5.98. The second-order valence-electron chi connectivity index (χ2n) is 5.60. The topological polar surface area (TPSA) is 47.3 Å². The molecule has 19 heavy (non-hydrogen) atoms. The van der Waals surface area contributed by atoms with E-state index in [4.69, 9.17) is 10.6 Å². The highest BCUT2D eigenvalue weighted by atomic mass is 16.5. The number of hydrogen-bond donors (Lipinski definition) is 2. The molecule has 0 aliphatic heterocycles. The van der Waals surface area contributed by atoms with Gasteiger partial charge in [0, 0.05) is 6.61 Å². The van der Waals surface area contributed by atoms with Crippen molar-refractivity contribution in [3.8, 4) is 0 Å². The van der Waals surface area contributed by atoms with Crippen LogP contribution in [0.2, 0.25) is 0 Å². The summed E-state index contributed by atoms with van der Waals surface area (Å²) in [5.74, 6) is 6.21. The first kappa shape index (κ1) is 16.2. The van der Waals surface area contributed by atoms with Gasteiger partial charge < -0.3 is 4.74 Å². The number of ether oxygens (including phenoxy) is 1. The monoisotopic (exact) mass is 264 g/mol. The van der Waals surface area contributed by atoms with Crippen LogP contribution in [-0.2, 0) is 4.74 Å². The molecular weight excluding hydrogens is 236 g/mol. The molecule has 1 aromatic carbocycles. The van der Waals surface area contributed by atoms with Crippen LogP contribution in [0.15, 0.2) is 12.1 Å². The first-order valence-corrected chi connectivity index (χ1v) is 7.07. The number of aryl methyl sites for hydroxylation is 3. The fraction of sp³-hybridized carbons (Fsp3) is 0.625. The van der Waals surface area contributed by atoms with E-state index in [1.807, 2.05) is 6.92 Å². The summed E-state index contributed by atoms with van der Waals surface area (Å²) in [7, 11) is 0. The zero-order valence-corrected chi connectivity index (χ0v) is 13.1. The Bertz CT molecular complexity index is 415. The average Bonchev–Trinajstić information content (AvgIpc) is 2.34. The van der Waals surface area contributed by atoms with Gasteiger partial charge in [-0.1, -0.05) is 26.0 Å². The lowest BCUT2D eigenvalue weighted by molar-refractivity contribution is 0.00261. The Labute approximate surface area is 117 Å². The SMILES string of the molecule is CCOC(C(C)C)C(NN)c1cc(C)c(C)cc1C. The summed E-state index contributed by atoms with van der Waals surface area (Å²) in [5, 5.41) is 0. The molecule has 0 saturated heterocycles. The third-order valence-electron chi connectivity index (χ3n) is 3.74. The molecule has 0 saturated carbocycles. The Morgan fingerprint density at radius 2 is 1.68 bits per heavy atom. The molecule has 0 fully saturated rings. The Morgan fingerprint density at radius 3 is 2.16 bits per heavy atom. The molecule has 3 heteroatoms. The minimum Gasteiger partial charge on any atom is -0.376 e. The van der Waals surface area contributed by atoms with Gasteiger partial charge in [0.25, 0.3) is 0 Å². The normalized spacial score (nSPS) is 14.7. The third-order valence-corrected chi connectivity index (χ3v) is 3.74. The van der Waals surface area contributed by atoms with Gasteiger partial charge in [0.1, 0.15) is 0 Å². The molecule has 0 aliphatic rings. The third kappa shape index (κ3) is 3.78. The smallest absolute Gasteiger partial charge is 0.0805 e. The van der Waals surface area contributed by atoms with Gasteiger partial charge in [-0.3, -0.25) is 11.3 Å². The molecule has 0 amide bonds. The summed E-state index contributed by atoms with van der Waals surface area (Å²) in [6.07, 6.45) is 0.0795. The van der Waals surface area contributed by atoms with Crippen LogP contribution in [0.1, 0.15) is 49.1 Å². The van der Waals surface area contributed by atoms with E-state index >= 15 is 0 Å². The van der Waals surface area contributed by atoms with Crippen molar-refractivity contribution in [1.29, 1.82) is 0 Å². The zero-order valence-electron chi connectivity index (χ0n) is 13.1. The lowest BCUT2D eigenvalue weighted by Crippen LogP contribution is -2.41. The summed E-state index contributed by atoms with van der Waals surface area (Å²) >= 11 is 0. The van der Waals surface area contributed by atoms with Gasteiger partial charge >= 0.3 is 0 Å². The first-order chi connectivity index (χ1) is 8.92. The highest BCUT2D eigenvalue weighted by Crippen LogP contribution is 2.28. The van der Waals surface area contributed by atoms with Gasteiger partial charge in [0.2, 0.25) is 0 Å². The second-order valence-corrected chi connectivity index (χ2v) is 5.60. The summed E-state index contributed by atoms with van der Waals surface area (Å²) in [4.78, 5) is 0. The molecule has 0 spiro atoms. The molecule has 108 valence electrons. The molecule has 0 heterocycles. The Balaban J connectivity index is 3.18. The minimum atomic E-state index is 0.0271. The van der Waals surface area contributed by atoms with Crippen LogP contribution < -0.4 is 11.3 Å². The van der Waals surface area contributed by atoms with Crippen molar-refractivity contribution in [3.63, 3.8) is 0 Å². The Morgan fingerprint density at radius 1 is 1.11 bits per heavy atom. The summed E-state index contributed by atoms with van der Waals surface area (Å²) < 4.78 is 5.89. The number of rotatable bonds is 6. The van der Waals surface area contributed by atoms with Crippen molar-refractivity contribution in [1.82, 2.24) is 5.43 Å². The number of benzene rings is 1. The van der Waals surface area contributed by atoms with Crippen molar-refractivity contribution in [2.24, 2.45) is 11.8 Å². The van der Waals surface area contributed by atoms with E-state index in [0.717, 1.165) is 0 Å². The number of hydrazine groups is 1. The fourth-order valence-corrected chi connectivity index (χ4v) is 2.55. The van der Waals surface area contributed by atoms with Gasteiger partial charge in [-0.15, -0.1) is 0 Å². The Hall–Kier alpha value is -0.900. The molecule has 1 aromatic rings. The van der Waals surface area contributed by atoms with Crippen LogP contribution in [-0.4, -0.2) is 12.7 Å². The molecular formula is C16H28N2O. The van der Waals surface area contributed by atoms with Gasteiger partial charge in [-0.25, -0.2) is 0 Å². The number of nitrogens with one attached hydrogen (secondary N) is 1. The predicted molar refractivity (Wildman–Crippen MR) is 81.0 cm³/mol. The lowest BCUT2D eigenvalue weighted by atomic mass is 9.89. The van der Waals surface area contributed by atoms with E-state index in [1.165, 1.54) is 22.3 Å². The quantitative estimate of drug-likeness (QED) is 0.613. The van der Waals surface area contributed by atoms with Crippen molar-refractivity contribution >= 4 is 0 Å². The van der Waals surface area contributed by atoms with Crippen LogP contribution >= 0.6 is 0 Å². The van der Waals surface area contributed by atoms with Crippen molar-refractivity contribution in [2.75, 3.05) is 6.61 Å². The van der Waals surface area contributed by atoms with Gasteiger partial charge in [0.05, 0.1) is 12.1 Å². The minimum absolute atomic E-state index is 0.0271. The molecule has 0 aromatic heterocycles. The zero-order chi connectivity index (χ0) is 14.6. The van der Waals surface area contributed by atoms with Crippen LogP contribution in [0.3, 0.4) is 0 Å². The highest BCUT2D eigenvalue weighted by Gasteiger charge is 2.27. The first-order valence-electron chi connectivity index (χ1n) is 7.07. The van der Waals surface area contributed by atoms with E-state index in [0.29, 0.717) is 12.5 Å². The number of nitrogens with two attached hydrogens (primary N) is 1. The summed E-state index contributed by atoms with van der Waals surface area (Å²) in [6, 6.07) is 4.47. The second kappa shape index (κ2) is 7.04. The molecule has 3 N–H and O–H groups in total. The standard InChI is InChI=1S/C16H28N2O/c1-7-19-16(10(2)3)15(18-17)14-9-12(5)11(4)8-13(14)6/h8-10,15-16,18H,7,17H2,1-6H3. The van der Waals surface area contributed by atoms with Crippen molar-refractivity contribution < 1.29 is 4.74 Å². The highest BCUT2D eigenvalue weighted by molar-refractivity contribution is 5.38. The summed E-state index contributed by atoms with van der Waals surface area (Å²) in [6.45, 7) is 13.5. The fourth-order valence-electron chi connectivity index (χ4n) is 2.55. The predicted octanol–water partition coefficient (Wildman–Crippen LogP) is 3.18. The maximum atomic E-state index is 5.89. The van der Waals surface area contributed by atoms with Gasteiger partial charge in [-0.05, 0) is 55.9 Å². The molecule has 0 bridgehead atoms. The van der Waals surface area contributed by atoms with Crippen LogP contribution in [0.5, 0.6) is 0 Å². The maximum absolute atomic E-state index is 5.89. The van der Waals surface area contributed by atoms with Crippen molar-refractivity contribution in [2.45, 2.75) is 53.7 Å². The largest absolute Gasteiger partial charge is 0.376 e. The lowest BCUT2D eigenvalue weighted by Gasteiger charge is -2.31. The number of hydrogen-bond acceptors (Lipinski definition) is 3. The van der Waals surface area contributed by atoms with E-state index in [9.17, 15) is 0 Å². The molecule has 2 unspecified atom stereocenters. The van der Waals surface area contributed by atoms with E-state index < -0.39 is 0 Å². The summed E-state index contributed by atoms with van der Waals surface area (Å²) in [5.41, 5.74) is 8.05. The van der Waals surface area contributed by atoms with Crippen molar-refractivity contribution in [3.05, 3.63) is 34.4 Å². The molecule has 0 aliphatic carbocycles. The van der Waals surface area contributed by atoms with Gasteiger partial charge in [0.15, 0.2) is 0 Å². The maximum Gasteiger partial charge on any atom is 0.0805 e. The van der Waals surface area contributed by atoms with E-state index in [-0.39, 0.29) is 12.1 Å². The molecule has 0 radical (unpaired) electrons. The molecule has 3 nitrogen and oxygen atoms in total. The molecule has 1 rings (SSSR count). The van der Waals surface area contributed by atoms with Crippen LogP contribution in [0, 0.1) is 26.7 Å². The van der Waals surface area contributed by atoms with E-state index in [1.54, 1.807) is 0 Å².